The van der Waals surface area contributed by atoms with Gasteiger partial charge < -0.3 is 19.3 Å². The van der Waals surface area contributed by atoms with Crippen LogP contribution in [0.4, 0.5) is 4.79 Å². The summed E-state index contributed by atoms with van der Waals surface area (Å²) in [5.74, 6) is 0. The van der Waals surface area contributed by atoms with Crippen molar-refractivity contribution in [3.05, 3.63) is 35.5 Å². The number of hydrogen-bond donors (Lipinski definition) is 1. The summed E-state index contributed by atoms with van der Waals surface area (Å²) in [6, 6.07) is 7.40. The Morgan fingerprint density at radius 2 is 2.12 bits per heavy atom. The zero-order chi connectivity index (χ0) is 18.7. The zero-order valence-electron chi connectivity index (χ0n) is 15.7. The zero-order valence-corrected chi connectivity index (χ0v) is 15.7. The molecule has 142 valence electrons. The molecule has 1 saturated heterocycles. The van der Waals surface area contributed by atoms with Crippen molar-refractivity contribution in [3.63, 3.8) is 0 Å². The number of benzene rings is 1. The van der Waals surface area contributed by atoms with Gasteiger partial charge in [0.2, 0.25) is 0 Å². The molecule has 0 spiro atoms. The smallest absolute Gasteiger partial charge is 0.419 e. The number of fused-ring (bicyclic) bond motifs is 1. The summed E-state index contributed by atoms with van der Waals surface area (Å²) in [6.07, 6.45) is 2.33. The van der Waals surface area contributed by atoms with E-state index in [0.29, 0.717) is 12.3 Å². The first-order chi connectivity index (χ1) is 12.4. The van der Waals surface area contributed by atoms with Crippen LogP contribution in [0.3, 0.4) is 0 Å². The lowest BCUT2D eigenvalue weighted by Crippen LogP contribution is -2.28. The molecule has 0 saturated carbocycles. The van der Waals surface area contributed by atoms with Crippen LogP contribution >= 0.6 is 0 Å². The third kappa shape index (κ3) is 4.44. The number of ether oxygens (including phenoxy) is 3. The summed E-state index contributed by atoms with van der Waals surface area (Å²) >= 11 is 0. The monoisotopic (exact) mass is 361 g/mol. The van der Waals surface area contributed by atoms with Crippen molar-refractivity contribution in [2.75, 3.05) is 6.61 Å². The number of aliphatic hydroxyl groups is 1. The molecule has 2 heterocycles. The Labute approximate surface area is 153 Å². The van der Waals surface area contributed by atoms with Gasteiger partial charge in [0, 0.05) is 12.0 Å². The molecule has 1 atom stereocenters. The normalized spacial score (nSPS) is 18.2. The summed E-state index contributed by atoms with van der Waals surface area (Å²) in [4.78, 5) is 12.8. The van der Waals surface area contributed by atoms with E-state index in [1.165, 1.54) is 0 Å². The average Bonchev–Trinajstić information content (AvgIpc) is 2.96. The molecule has 1 fully saturated rings. The first-order valence-corrected chi connectivity index (χ1v) is 9.08. The van der Waals surface area contributed by atoms with E-state index in [0.717, 1.165) is 35.7 Å². The van der Waals surface area contributed by atoms with Crippen LogP contribution < -0.4 is 0 Å². The van der Waals surface area contributed by atoms with E-state index in [1.54, 1.807) is 10.6 Å². The first-order valence-electron chi connectivity index (χ1n) is 9.08. The van der Waals surface area contributed by atoms with E-state index in [1.807, 2.05) is 39.0 Å². The number of hydrogen-bond acceptors (Lipinski definition) is 5. The Hall–Kier alpha value is -1.89. The maximum absolute atomic E-state index is 12.8. The third-order valence-corrected chi connectivity index (χ3v) is 4.26. The summed E-state index contributed by atoms with van der Waals surface area (Å²) in [6.45, 7) is 6.44. The van der Waals surface area contributed by atoms with Crippen LogP contribution in [0.5, 0.6) is 0 Å². The van der Waals surface area contributed by atoms with Crippen LogP contribution in [0, 0.1) is 0 Å². The Bertz CT molecular complexity index is 768. The second kappa shape index (κ2) is 7.78. The highest BCUT2D eigenvalue weighted by Crippen LogP contribution is 2.25. The molecule has 1 N–H and O–H groups in total. The number of aromatic nitrogens is 1. The van der Waals surface area contributed by atoms with Crippen molar-refractivity contribution in [3.8, 4) is 0 Å². The van der Waals surface area contributed by atoms with Crippen LogP contribution in [-0.4, -0.2) is 34.3 Å². The van der Waals surface area contributed by atoms with Gasteiger partial charge in [0.15, 0.2) is 6.29 Å². The minimum atomic E-state index is -0.594. The van der Waals surface area contributed by atoms with Crippen LogP contribution in [0.1, 0.15) is 51.3 Å². The minimum absolute atomic E-state index is 0.0463. The second-order valence-electron chi connectivity index (χ2n) is 7.61. The highest BCUT2D eigenvalue weighted by Gasteiger charge is 2.23. The van der Waals surface area contributed by atoms with Gasteiger partial charge >= 0.3 is 6.09 Å². The van der Waals surface area contributed by atoms with E-state index < -0.39 is 11.7 Å². The first kappa shape index (κ1) is 18.9. The number of carbonyl (C=O) groups is 1. The molecule has 1 aromatic heterocycles. The summed E-state index contributed by atoms with van der Waals surface area (Å²) in [5, 5.41) is 10.2. The van der Waals surface area contributed by atoms with Gasteiger partial charge in [0.25, 0.3) is 0 Å². The molecule has 0 aliphatic carbocycles. The molecular formula is C20H27NO5. The van der Waals surface area contributed by atoms with Crippen LogP contribution in [0.2, 0.25) is 0 Å². The van der Waals surface area contributed by atoms with Crippen molar-refractivity contribution in [2.45, 2.75) is 65.1 Å². The fourth-order valence-corrected chi connectivity index (χ4v) is 3.07. The molecule has 1 aromatic carbocycles. The van der Waals surface area contributed by atoms with E-state index in [9.17, 15) is 9.90 Å². The summed E-state index contributed by atoms with van der Waals surface area (Å²) in [5.41, 5.74) is 1.64. The van der Waals surface area contributed by atoms with Gasteiger partial charge in [-0.3, -0.25) is 0 Å². The fraction of sp³-hybridized carbons (Fsp3) is 0.550. The maximum atomic E-state index is 12.8. The van der Waals surface area contributed by atoms with Gasteiger partial charge in [-0.25, -0.2) is 9.36 Å². The lowest BCUT2D eigenvalue weighted by atomic mass is 10.1. The van der Waals surface area contributed by atoms with Crippen LogP contribution in [-0.2, 0) is 27.4 Å². The predicted molar refractivity (Wildman–Crippen MR) is 97.9 cm³/mol. The Balaban J connectivity index is 1.90. The van der Waals surface area contributed by atoms with Crippen molar-refractivity contribution >= 4 is 17.0 Å². The van der Waals surface area contributed by atoms with Gasteiger partial charge in [0.05, 0.1) is 24.4 Å². The molecule has 6 heteroatoms. The summed E-state index contributed by atoms with van der Waals surface area (Å²) in [7, 11) is 0. The molecule has 1 aliphatic heterocycles. The van der Waals surface area contributed by atoms with Gasteiger partial charge in [-0.15, -0.1) is 0 Å². The lowest BCUT2D eigenvalue weighted by Gasteiger charge is -2.24. The Morgan fingerprint density at radius 3 is 2.77 bits per heavy atom. The van der Waals surface area contributed by atoms with Crippen LogP contribution in [0.15, 0.2) is 24.3 Å². The van der Waals surface area contributed by atoms with E-state index in [2.05, 4.69) is 0 Å². The van der Waals surface area contributed by atoms with Crippen molar-refractivity contribution < 1.29 is 24.1 Å². The van der Waals surface area contributed by atoms with Gasteiger partial charge in [-0.2, -0.15) is 0 Å². The maximum Gasteiger partial charge on any atom is 0.419 e. The highest BCUT2D eigenvalue weighted by molar-refractivity contribution is 5.91. The fourth-order valence-electron chi connectivity index (χ4n) is 3.07. The predicted octanol–water partition coefficient (Wildman–Crippen LogP) is 3.96. The molecule has 6 nitrogen and oxygen atoms in total. The minimum Gasteiger partial charge on any atom is -0.443 e. The van der Waals surface area contributed by atoms with Crippen molar-refractivity contribution in [2.24, 2.45) is 0 Å². The van der Waals surface area contributed by atoms with E-state index in [4.69, 9.17) is 14.2 Å². The second-order valence-corrected chi connectivity index (χ2v) is 7.61. The summed E-state index contributed by atoms with van der Waals surface area (Å²) < 4.78 is 18.6. The quantitative estimate of drug-likeness (QED) is 0.893. The third-order valence-electron chi connectivity index (χ3n) is 4.26. The lowest BCUT2D eigenvalue weighted by molar-refractivity contribution is -0.169. The van der Waals surface area contributed by atoms with Gasteiger partial charge in [-0.05, 0) is 63.8 Å². The number of aliphatic hydroxyl groups excluding tert-OH is 1. The molecule has 1 unspecified atom stereocenters. The molecule has 0 amide bonds. The molecule has 2 aromatic rings. The standard InChI is InChI=1S/C20H27NO5/c1-20(2,3)26-19(23)21-16(13-25-18-6-4-5-9-24-18)11-15-10-14(12-22)7-8-17(15)21/h7-8,10-11,18,22H,4-6,9,12-13H2,1-3H3. The van der Waals surface area contributed by atoms with Gasteiger partial charge in [0.1, 0.15) is 5.60 Å². The molecular weight excluding hydrogens is 334 g/mol. The van der Waals surface area contributed by atoms with Crippen LogP contribution in [0.25, 0.3) is 10.9 Å². The number of rotatable bonds is 4. The molecule has 1 aliphatic rings. The molecule has 26 heavy (non-hydrogen) atoms. The molecule has 3 rings (SSSR count). The van der Waals surface area contributed by atoms with Crippen molar-refractivity contribution in [1.29, 1.82) is 0 Å². The largest absolute Gasteiger partial charge is 0.443 e. The molecule has 0 bridgehead atoms. The number of carbonyl (C=O) groups excluding carboxylic acids is 1. The van der Waals surface area contributed by atoms with Gasteiger partial charge in [-0.1, -0.05) is 6.07 Å². The average molecular weight is 361 g/mol. The van der Waals surface area contributed by atoms with Crippen molar-refractivity contribution in [1.82, 2.24) is 4.57 Å². The topological polar surface area (TPSA) is 69.9 Å². The SMILES string of the molecule is CC(C)(C)OC(=O)n1c(COC2CCCCO2)cc2cc(CO)ccc21. The Morgan fingerprint density at radius 1 is 1.31 bits per heavy atom. The Kier molecular flexibility index (Phi) is 5.65. The molecule has 0 radical (unpaired) electrons. The number of nitrogens with zero attached hydrogens (tertiary/aromatic N) is 1. The van der Waals surface area contributed by atoms with E-state index >= 15 is 0 Å². The van der Waals surface area contributed by atoms with E-state index in [-0.39, 0.29) is 19.5 Å². The highest BCUT2D eigenvalue weighted by atomic mass is 16.7.